The lowest BCUT2D eigenvalue weighted by Gasteiger charge is -2.18. The van der Waals surface area contributed by atoms with Gasteiger partial charge in [0.25, 0.3) is 0 Å². The number of rotatable bonds is 59. The summed E-state index contributed by atoms with van der Waals surface area (Å²) in [5, 5.41) is 0. The lowest BCUT2D eigenvalue weighted by atomic mass is 10.0. The molecule has 0 radical (unpaired) electrons. The van der Waals surface area contributed by atoms with Crippen LogP contribution < -0.4 is 0 Å². The molecule has 438 valence electrons. The molecule has 6 nitrogen and oxygen atoms in total. The summed E-state index contributed by atoms with van der Waals surface area (Å²) in [7, 11) is 0. The van der Waals surface area contributed by atoms with Crippen LogP contribution in [0.15, 0.2) is 85.1 Å². The molecular weight excluding hydrogens is 937 g/mol. The van der Waals surface area contributed by atoms with Crippen molar-refractivity contribution in [1.82, 2.24) is 0 Å². The average Bonchev–Trinajstić information content (AvgIpc) is 3.42. The lowest BCUT2D eigenvalue weighted by Crippen LogP contribution is -2.30. The van der Waals surface area contributed by atoms with E-state index in [0.29, 0.717) is 19.3 Å². The molecule has 76 heavy (non-hydrogen) atoms. The van der Waals surface area contributed by atoms with Crippen molar-refractivity contribution in [2.24, 2.45) is 0 Å². The minimum absolute atomic E-state index is 0.0858. The number of carbonyl (C=O) groups is 3. The molecule has 1 atom stereocenters. The highest BCUT2D eigenvalue weighted by Gasteiger charge is 2.19. The highest BCUT2D eigenvalue weighted by atomic mass is 16.6. The molecule has 0 aromatic rings. The first-order valence-electron chi connectivity index (χ1n) is 32.6. The van der Waals surface area contributed by atoms with Crippen LogP contribution in [0, 0.1) is 0 Å². The molecule has 0 aromatic heterocycles. The monoisotopic (exact) mass is 1060 g/mol. The first-order chi connectivity index (χ1) is 37.5. The summed E-state index contributed by atoms with van der Waals surface area (Å²) in [4.78, 5) is 38.3. The van der Waals surface area contributed by atoms with Crippen molar-refractivity contribution in [3.8, 4) is 0 Å². The molecule has 6 heteroatoms. The van der Waals surface area contributed by atoms with Crippen LogP contribution in [-0.2, 0) is 28.6 Å². The molecule has 0 aliphatic rings. The van der Waals surface area contributed by atoms with Crippen LogP contribution in [0.5, 0.6) is 0 Å². The standard InChI is InChI=1S/C70H122O6/c1-4-7-10-13-16-19-22-25-28-29-30-31-32-33-34-35-36-37-38-39-40-41-43-45-48-51-54-57-60-63-69(72)75-66-67(65-74-68(71)62-59-56-53-50-47-44-27-24-21-18-15-12-9-6-3)76-70(73)64-61-58-55-52-49-46-42-26-23-20-17-14-11-8-5-2/h15,17-18,20,22,24-27,29-30,32-33,42,67H,4-14,16,19,21,23,28,31,34-41,43-66H2,1-3H3/b18-15-,20-17-,25-22-,27-24-,30-29-,33-32-,42-26-. The van der Waals surface area contributed by atoms with Gasteiger partial charge in [-0.15, -0.1) is 0 Å². The molecule has 0 saturated carbocycles. The minimum atomic E-state index is -0.791. The van der Waals surface area contributed by atoms with Gasteiger partial charge >= 0.3 is 17.9 Å². The number of hydrogen-bond acceptors (Lipinski definition) is 6. The Balaban J connectivity index is 4.25. The van der Waals surface area contributed by atoms with Gasteiger partial charge in [-0.25, -0.2) is 0 Å². The summed E-state index contributed by atoms with van der Waals surface area (Å²) < 4.78 is 16.9. The van der Waals surface area contributed by atoms with E-state index in [4.69, 9.17) is 14.2 Å². The molecule has 0 heterocycles. The van der Waals surface area contributed by atoms with E-state index in [1.807, 2.05) is 0 Å². The molecule has 0 bridgehead atoms. The van der Waals surface area contributed by atoms with E-state index >= 15 is 0 Å². The Morgan fingerprint density at radius 2 is 0.487 bits per heavy atom. The topological polar surface area (TPSA) is 78.9 Å². The van der Waals surface area contributed by atoms with E-state index in [1.165, 1.54) is 167 Å². The molecule has 0 aliphatic carbocycles. The quantitative estimate of drug-likeness (QED) is 0.0261. The Morgan fingerprint density at radius 1 is 0.263 bits per heavy atom. The second kappa shape index (κ2) is 64.1. The van der Waals surface area contributed by atoms with Crippen molar-refractivity contribution < 1.29 is 28.6 Å². The molecule has 0 rings (SSSR count). The van der Waals surface area contributed by atoms with E-state index in [2.05, 4.69) is 106 Å². The Hall–Kier alpha value is -3.41. The highest BCUT2D eigenvalue weighted by molar-refractivity contribution is 5.71. The lowest BCUT2D eigenvalue weighted by molar-refractivity contribution is -0.167. The van der Waals surface area contributed by atoms with Gasteiger partial charge < -0.3 is 14.2 Å². The van der Waals surface area contributed by atoms with Crippen LogP contribution >= 0.6 is 0 Å². The number of ether oxygens (including phenoxy) is 3. The van der Waals surface area contributed by atoms with Crippen LogP contribution in [0.1, 0.15) is 323 Å². The average molecular weight is 1060 g/mol. The predicted octanol–water partition coefficient (Wildman–Crippen LogP) is 22.3. The second-order valence-electron chi connectivity index (χ2n) is 21.7. The highest BCUT2D eigenvalue weighted by Crippen LogP contribution is 2.16. The fraction of sp³-hybridized carbons (Fsp3) is 0.757. The fourth-order valence-corrected chi connectivity index (χ4v) is 9.14. The largest absolute Gasteiger partial charge is 0.462 e. The Bertz CT molecular complexity index is 1450. The molecule has 0 fully saturated rings. The third-order valence-corrected chi connectivity index (χ3v) is 14.1. The Morgan fingerprint density at radius 3 is 0.803 bits per heavy atom. The minimum Gasteiger partial charge on any atom is -0.462 e. The van der Waals surface area contributed by atoms with Crippen molar-refractivity contribution in [1.29, 1.82) is 0 Å². The molecule has 0 aromatic carbocycles. The van der Waals surface area contributed by atoms with E-state index < -0.39 is 6.10 Å². The van der Waals surface area contributed by atoms with Crippen molar-refractivity contribution in [3.63, 3.8) is 0 Å². The van der Waals surface area contributed by atoms with Gasteiger partial charge in [0.2, 0.25) is 0 Å². The maximum absolute atomic E-state index is 12.9. The van der Waals surface area contributed by atoms with E-state index in [1.54, 1.807) is 0 Å². The molecule has 0 spiro atoms. The van der Waals surface area contributed by atoms with Crippen LogP contribution in [0.4, 0.5) is 0 Å². The van der Waals surface area contributed by atoms with Gasteiger partial charge in [0, 0.05) is 19.3 Å². The molecule has 0 N–H and O–H groups in total. The number of allylic oxidation sites excluding steroid dienone is 14. The first-order valence-corrected chi connectivity index (χ1v) is 32.6. The fourth-order valence-electron chi connectivity index (χ4n) is 9.14. The molecule has 1 unspecified atom stereocenters. The van der Waals surface area contributed by atoms with Gasteiger partial charge in [-0.05, 0) is 116 Å². The number of carbonyl (C=O) groups excluding carboxylic acids is 3. The normalized spacial score (nSPS) is 12.6. The van der Waals surface area contributed by atoms with Crippen molar-refractivity contribution >= 4 is 17.9 Å². The predicted molar refractivity (Wildman–Crippen MR) is 330 cm³/mol. The van der Waals surface area contributed by atoms with E-state index in [-0.39, 0.29) is 31.1 Å². The van der Waals surface area contributed by atoms with Gasteiger partial charge in [-0.1, -0.05) is 273 Å². The summed E-state index contributed by atoms with van der Waals surface area (Å²) in [6.45, 7) is 6.56. The molecular formula is C70H122O6. The van der Waals surface area contributed by atoms with Crippen LogP contribution in [-0.4, -0.2) is 37.2 Å². The zero-order valence-electron chi connectivity index (χ0n) is 50.3. The van der Waals surface area contributed by atoms with Crippen LogP contribution in [0.25, 0.3) is 0 Å². The zero-order valence-corrected chi connectivity index (χ0v) is 50.3. The van der Waals surface area contributed by atoms with Crippen molar-refractivity contribution in [2.45, 2.75) is 329 Å². The van der Waals surface area contributed by atoms with E-state index in [9.17, 15) is 14.4 Å². The second-order valence-corrected chi connectivity index (χ2v) is 21.7. The maximum Gasteiger partial charge on any atom is 0.306 e. The third-order valence-electron chi connectivity index (χ3n) is 14.1. The first kappa shape index (κ1) is 72.6. The smallest absolute Gasteiger partial charge is 0.306 e. The number of unbranched alkanes of at least 4 members (excludes halogenated alkanes) is 34. The van der Waals surface area contributed by atoms with Crippen molar-refractivity contribution in [2.75, 3.05) is 13.2 Å². The Labute approximate surface area is 471 Å². The van der Waals surface area contributed by atoms with Gasteiger partial charge in [0.05, 0.1) is 0 Å². The van der Waals surface area contributed by atoms with Gasteiger partial charge in [-0.2, -0.15) is 0 Å². The zero-order chi connectivity index (χ0) is 55.0. The van der Waals surface area contributed by atoms with Crippen molar-refractivity contribution in [3.05, 3.63) is 85.1 Å². The number of esters is 3. The van der Waals surface area contributed by atoms with Gasteiger partial charge in [-0.3, -0.25) is 14.4 Å². The molecule has 0 amide bonds. The SMILES string of the molecule is CCCC/C=C\C/C=C\CCCCCCCC(=O)OCC(COC(=O)CCCCCCCCCCCCCCCC/C=C\C/C=C\C/C=C\CCCCCCC)OC(=O)CCCCCCC/C=C\C/C=C\CCCCC. The maximum atomic E-state index is 12.9. The number of hydrogen-bond donors (Lipinski definition) is 0. The summed E-state index contributed by atoms with van der Waals surface area (Å²) >= 11 is 0. The van der Waals surface area contributed by atoms with Gasteiger partial charge in [0.15, 0.2) is 6.10 Å². The summed E-state index contributed by atoms with van der Waals surface area (Å²) in [5.74, 6) is -0.904. The molecule has 0 aliphatic heterocycles. The van der Waals surface area contributed by atoms with Crippen LogP contribution in [0.2, 0.25) is 0 Å². The van der Waals surface area contributed by atoms with Crippen LogP contribution in [0.3, 0.4) is 0 Å². The van der Waals surface area contributed by atoms with E-state index in [0.717, 1.165) is 116 Å². The summed E-state index contributed by atoms with van der Waals surface area (Å²) in [6, 6.07) is 0. The summed E-state index contributed by atoms with van der Waals surface area (Å²) in [6.07, 6.45) is 84.5. The summed E-state index contributed by atoms with van der Waals surface area (Å²) in [5.41, 5.74) is 0. The van der Waals surface area contributed by atoms with Gasteiger partial charge in [0.1, 0.15) is 13.2 Å². The Kier molecular flexibility index (Phi) is 61.2. The third kappa shape index (κ3) is 61.4. The molecule has 0 saturated heterocycles.